The normalized spacial score (nSPS) is 12.0. The van der Waals surface area contributed by atoms with Gasteiger partial charge >= 0.3 is 5.97 Å². The van der Waals surface area contributed by atoms with Crippen LogP contribution in [0.15, 0.2) is 46.7 Å². The van der Waals surface area contributed by atoms with Gasteiger partial charge in [-0.2, -0.15) is 0 Å². The van der Waals surface area contributed by atoms with Crippen molar-refractivity contribution in [3.05, 3.63) is 63.5 Å². The highest BCUT2D eigenvalue weighted by Gasteiger charge is 2.26. The molecule has 2 aromatic heterocycles. The standard InChI is InChI=1S/C20H21N3O5S/c1-12(2)17(22-18(25)13-4-6-15(27-3)7-5-13)19(26)28-11-14-10-16(24)23-8-9-29-20(23)21-14/h4-10,12,17H,11H2,1-3H3,(H,22,25). The number of aromatic nitrogens is 2. The first-order chi connectivity index (χ1) is 13.9. The molecular formula is C20H21N3O5S. The van der Waals surface area contributed by atoms with E-state index >= 15 is 0 Å². The lowest BCUT2D eigenvalue weighted by Gasteiger charge is -2.21. The highest BCUT2D eigenvalue weighted by Crippen LogP contribution is 2.13. The quantitative estimate of drug-likeness (QED) is 0.595. The lowest BCUT2D eigenvalue weighted by Crippen LogP contribution is -2.45. The van der Waals surface area contributed by atoms with Gasteiger partial charge in [-0.1, -0.05) is 13.8 Å². The van der Waals surface area contributed by atoms with Crippen molar-refractivity contribution in [1.82, 2.24) is 14.7 Å². The summed E-state index contributed by atoms with van der Waals surface area (Å²) in [7, 11) is 1.54. The third kappa shape index (κ3) is 4.80. The van der Waals surface area contributed by atoms with Crippen LogP contribution in [0.25, 0.3) is 4.96 Å². The zero-order valence-electron chi connectivity index (χ0n) is 16.2. The summed E-state index contributed by atoms with van der Waals surface area (Å²) in [6, 6.07) is 7.06. The van der Waals surface area contributed by atoms with E-state index in [1.165, 1.54) is 21.8 Å². The second-order valence-electron chi connectivity index (χ2n) is 6.67. The van der Waals surface area contributed by atoms with E-state index in [-0.39, 0.29) is 24.0 Å². The molecule has 9 heteroatoms. The number of benzene rings is 1. The average molecular weight is 415 g/mol. The minimum absolute atomic E-state index is 0.149. The summed E-state index contributed by atoms with van der Waals surface area (Å²) >= 11 is 1.32. The molecule has 0 saturated carbocycles. The number of esters is 1. The van der Waals surface area contributed by atoms with Gasteiger partial charge in [-0.05, 0) is 30.2 Å². The maximum Gasteiger partial charge on any atom is 0.329 e. The van der Waals surface area contributed by atoms with Crippen LogP contribution in [-0.2, 0) is 16.1 Å². The monoisotopic (exact) mass is 415 g/mol. The second kappa shape index (κ2) is 8.87. The number of hydrogen-bond acceptors (Lipinski definition) is 7. The largest absolute Gasteiger partial charge is 0.497 e. The van der Waals surface area contributed by atoms with Crippen molar-refractivity contribution in [2.45, 2.75) is 26.5 Å². The second-order valence-corrected chi connectivity index (χ2v) is 7.55. The minimum Gasteiger partial charge on any atom is -0.497 e. The molecule has 1 aromatic carbocycles. The lowest BCUT2D eigenvalue weighted by atomic mass is 10.0. The average Bonchev–Trinajstić information content (AvgIpc) is 3.19. The molecule has 1 unspecified atom stereocenters. The SMILES string of the molecule is COc1ccc(C(=O)NC(C(=O)OCc2cc(=O)n3ccsc3n2)C(C)C)cc1. The predicted molar refractivity (Wildman–Crippen MR) is 108 cm³/mol. The van der Waals surface area contributed by atoms with Crippen LogP contribution in [0, 0.1) is 5.92 Å². The van der Waals surface area contributed by atoms with Crippen LogP contribution in [0.1, 0.15) is 29.9 Å². The van der Waals surface area contributed by atoms with Gasteiger partial charge in [0.15, 0.2) is 4.96 Å². The van der Waals surface area contributed by atoms with Gasteiger partial charge in [-0.25, -0.2) is 9.78 Å². The lowest BCUT2D eigenvalue weighted by molar-refractivity contribution is -0.148. The molecule has 0 aliphatic carbocycles. The molecule has 1 amide bonds. The predicted octanol–water partition coefficient (Wildman–Crippen LogP) is 2.26. The van der Waals surface area contributed by atoms with Crippen LogP contribution >= 0.6 is 11.3 Å². The zero-order valence-corrected chi connectivity index (χ0v) is 17.1. The molecule has 0 spiro atoms. The molecule has 1 atom stereocenters. The van der Waals surface area contributed by atoms with E-state index in [0.29, 0.717) is 22.0 Å². The van der Waals surface area contributed by atoms with Crippen molar-refractivity contribution in [3.8, 4) is 5.75 Å². The Morgan fingerprint density at radius 2 is 1.97 bits per heavy atom. The fourth-order valence-electron chi connectivity index (χ4n) is 2.66. The summed E-state index contributed by atoms with van der Waals surface area (Å²) in [5.74, 6) is -0.537. The first-order valence-electron chi connectivity index (χ1n) is 8.96. The highest BCUT2D eigenvalue weighted by atomic mass is 32.1. The first kappa shape index (κ1) is 20.5. The van der Waals surface area contributed by atoms with Crippen LogP contribution in [0.3, 0.4) is 0 Å². The molecule has 152 valence electrons. The highest BCUT2D eigenvalue weighted by molar-refractivity contribution is 7.15. The van der Waals surface area contributed by atoms with E-state index in [9.17, 15) is 14.4 Å². The van der Waals surface area contributed by atoms with Crippen molar-refractivity contribution < 1.29 is 19.1 Å². The fraction of sp³-hybridized carbons (Fsp3) is 0.300. The molecule has 0 saturated heterocycles. The summed E-state index contributed by atoms with van der Waals surface area (Å²) in [5.41, 5.74) is 0.521. The Hall–Kier alpha value is -3.20. The molecule has 29 heavy (non-hydrogen) atoms. The summed E-state index contributed by atoms with van der Waals surface area (Å²) in [6.45, 7) is 3.47. The Kier molecular flexibility index (Phi) is 6.28. The Labute approximate surface area is 171 Å². The van der Waals surface area contributed by atoms with Gasteiger partial charge in [0, 0.05) is 23.2 Å². The van der Waals surface area contributed by atoms with E-state index in [2.05, 4.69) is 10.3 Å². The molecule has 0 radical (unpaired) electrons. The molecule has 3 aromatic rings. The fourth-order valence-corrected chi connectivity index (χ4v) is 3.40. The van der Waals surface area contributed by atoms with Gasteiger partial charge in [-0.3, -0.25) is 14.0 Å². The molecule has 0 aliphatic heterocycles. The third-order valence-corrected chi connectivity index (χ3v) is 5.03. The smallest absolute Gasteiger partial charge is 0.329 e. The van der Waals surface area contributed by atoms with Gasteiger partial charge < -0.3 is 14.8 Å². The number of amides is 1. The number of rotatable bonds is 7. The molecule has 3 rings (SSSR count). The van der Waals surface area contributed by atoms with Gasteiger partial charge in [-0.15, -0.1) is 11.3 Å². The Morgan fingerprint density at radius 1 is 1.24 bits per heavy atom. The van der Waals surface area contributed by atoms with Gasteiger partial charge in [0.1, 0.15) is 18.4 Å². The van der Waals surface area contributed by atoms with Crippen molar-refractivity contribution in [3.63, 3.8) is 0 Å². The third-order valence-electron chi connectivity index (χ3n) is 4.28. The van der Waals surface area contributed by atoms with E-state index in [0.717, 1.165) is 0 Å². The maximum absolute atomic E-state index is 12.6. The summed E-state index contributed by atoms with van der Waals surface area (Å²) in [4.78, 5) is 41.9. The number of carbonyl (C=O) groups is 2. The molecular weight excluding hydrogens is 394 g/mol. The Morgan fingerprint density at radius 3 is 2.62 bits per heavy atom. The number of fused-ring (bicyclic) bond motifs is 1. The van der Waals surface area contributed by atoms with E-state index in [4.69, 9.17) is 9.47 Å². The number of ether oxygens (including phenoxy) is 2. The number of nitrogens with zero attached hydrogens (tertiary/aromatic N) is 2. The topological polar surface area (TPSA) is 99.0 Å². The number of methoxy groups -OCH3 is 1. The van der Waals surface area contributed by atoms with Crippen LogP contribution < -0.4 is 15.6 Å². The Bertz CT molecular complexity index is 1070. The molecule has 0 aliphatic rings. The Balaban J connectivity index is 1.66. The molecule has 2 heterocycles. The number of nitrogens with one attached hydrogen (secondary N) is 1. The van der Waals surface area contributed by atoms with E-state index < -0.39 is 12.0 Å². The van der Waals surface area contributed by atoms with Crippen LogP contribution in [-0.4, -0.2) is 34.4 Å². The minimum atomic E-state index is -0.837. The molecule has 0 bridgehead atoms. The number of hydrogen-bond donors (Lipinski definition) is 1. The van der Waals surface area contributed by atoms with E-state index in [1.54, 1.807) is 43.0 Å². The van der Waals surface area contributed by atoms with Crippen LogP contribution in [0.4, 0.5) is 0 Å². The van der Waals surface area contributed by atoms with Gasteiger partial charge in [0.25, 0.3) is 11.5 Å². The van der Waals surface area contributed by atoms with Crippen LogP contribution in [0.5, 0.6) is 5.75 Å². The molecule has 1 N–H and O–H groups in total. The van der Waals surface area contributed by atoms with Crippen molar-refractivity contribution in [2.75, 3.05) is 7.11 Å². The summed E-state index contributed by atoms with van der Waals surface area (Å²) < 4.78 is 11.8. The van der Waals surface area contributed by atoms with Crippen molar-refractivity contribution in [2.24, 2.45) is 5.92 Å². The number of carbonyl (C=O) groups excluding carboxylic acids is 2. The van der Waals surface area contributed by atoms with Crippen molar-refractivity contribution in [1.29, 1.82) is 0 Å². The van der Waals surface area contributed by atoms with Gasteiger partial charge in [0.2, 0.25) is 0 Å². The maximum atomic E-state index is 12.6. The van der Waals surface area contributed by atoms with Crippen molar-refractivity contribution >= 4 is 28.2 Å². The van der Waals surface area contributed by atoms with Gasteiger partial charge in [0.05, 0.1) is 12.8 Å². The van der Waals surface area contributed by atoms with E-state index in [1.807, 2.05) is 13.8 Å². The first-order valence-corrected chi connectivity index (χ1v) is 9.84. The molecule has 0 fully saturated rings. The summed E-state index contributed by atoms with van der Waals surface area (Å²) in [5, 5.41) is 4.46. The number of thiazole rings is 1. The van der Waals surface area contributed by atoms with Crippen LogP contribution in [0.2, 0.25) is 0 Å². The zero-order chi connectivity index (χ0) is 21.0. The summed E-state index contributed by atoms with van der Waals surface area (Å²) in [6.07, 6.45) is 1.63. The molecule has 8 nitrogen and oxygen atoms in total.